The number of ether oxygens (including phenoxy) is 1. The van der Waals surface area contributed by atoms with Crippen molar-refractivity contribution in [2.24, 2.45) is 5.92 Å². The Morgan fingerprint density at radius 3 is 2.11 bits per heavy atom. The molecule has 1 fully saturated rings. The van der Waals surface area contributed by atoms with Gasteiger partial charge >= 0.3 is 5.97 Å². The monoisotopic (exact) mass is 378 g/mol. The molecule has 2 aromatic carbocycles. The summed E-state index contributed by atoms with van der Waals surface area (Å²) in [6, 6.07) is 20.9. The second-order valence-electron chi connectivity index (χ2n) is 8.19. The molecule has 4 atom stereocenters. The first-order valence-corrected chi connectivity index (χ1v) is 9.45. The molecule has 1 saturated heterocycles. The Bertz CT molecular complexity index is 855. The first-order chi connectivity index (χ1) is 13.3. The molecule has 0 radical (unpaired) electrons. The first kappa shape index (κ1) is 20.1. The summed E-state index contributed by atoms with van der Waals surface area (Å²) in [7, 11) is 0. The average molecular weight is 378 g/mol. The average Bonchev–Trinajstić information content (AvgIpc) is 3.04. The Morgan fingerprint density at radius 2 is 1.64 bits per heavy atom. The highest BCUT2D eigenvalue weighted by Crippen LogP contribution is 2.49. The lowest BCUT2D eigenvalue weighted by Crippen LogP contribution is -2.53. The fraction of sp³-hybridized carbons (Fsp3) is 0.391. The van der Waals surface area contributed by atoms with Gasteiger partial charge in [0.05, 0.1) is 6.07 Å². The van der Waals surface area contributed by atoms with E-state index in [1.807, 2.05) is 60.7 Å². The number of rotatable bonds is 4. The van der Waals surface area contributed by atoms with Gasteiger partial charge in [-0.15, -0.1) is 0 Å². The predicted molar refractivity (Wildman–Crippen MR) is 106 cm³/mol. The Balaban J connectivity index is 2.14. The second-order valence-corrected chi connectivity index (χ2v) is 8.19. The number of hydrogen-bond donors (Lipinski definition) is 2. The van der Waals surface area contributed by atoms with Crippen LogP contribution >= 0.6 is 0 Å². The maximum absolute atomic E-state index is 13.2. The van der Waals surface area contributed by atoms with Crippen LogP contribution in [-0.4, -0.2) is 28.8 Å². The molecule has 3 rings (SSSR count). The minimum Gasteiger partial charge on any atom is -0.458 e. The van der Waals surface area contributed by atoms with Gasteiger partial charge in [-0.2, -0.15) is 5.26 Å². The number of aliphatic hydroxyl groups is 1. The Hall–Kier alpha value is -2.68. The van der Waals surface area contributed by atoms with Gasteiger partial charge in [-0.05, 0) is 31.9 Å². The maximum atomic E-state index is 13.2. The number of esters is 1. The molecule has 0 saturated carbocycles. The number of carbonyl (C=O) groups is 1. The summed E-state index contributed by atoms with van der Waals surface area (Å²) in [6.07, 6.45) is 0. The lowest BCUT2D eigenvalue weighted by molar-refractivity contribution is -0.160. The van der Waals surface area contributed by atoms with Crippen molar-refractivity contribution >= 4 is 5.97 Å². The summed E-state index contributed by atoms with van der Waals surface area (Å²) in [4.78, 5) is 13.2. The van der Waals surface area contributed by atoms with Crippen LogP contribution in [0.15, 0.2) is 60.7 Å². The molecule has 0 unspecified atom stereocenters. The number of hydrogen-bond acceptors (Lipinski definition) is 5. The molecule has 0 amide bonds. The topological polar surface area (TPSA) is 82.4 Å². The smallest absolute Gasteiger partial charge is 0.342 e. The van der Waals surface area contributed by atoms with Crippen LogP contribution in [0.4, 0.5) is 0 Å². The number of aliphatic hydroxyl groups excluding tert-OH is 1. The van der Waals surface area contributed by atoms with E-state index in [1.165, 1.54) is 0 Å². The standard InChI is InChI=1S/C23H26N2O3/c1-22(2,3)28-21(27)23(15-24)19(16-10-6-4-7-11-16)18(14-26)20(25-23)17-12-8-5-9-13-17/h4-13,18-20,25-26H,14H2,1-3H3/t18-,19-,20-,23-/m1/s1. The Labute approximate surface area is 166 Å². The van der Waals surface area contributed by atoms with Crippen LogP contribution in [-0.2, 0) is 9.53 Å². The van der Waals surface area contributed by atoms with Crippen molar-refractivity contribution < 1.29 is 14.6 Å². The van der Waals surface area contributed by atoms with Crippen molar-refractivity contribution in [2.75, 3.05) is 6.61 Å². The molecular formula is C23H26N2O3. The van der Waals surface area contributed by atoms with Crippen molar-refractivity contribution in [1.29, 1.82) is 5.26 Å². The lowest BCUT2D eigenvalue weighted by Gasteiger charge is -2.32. The summed E-state index contributed by atoms with van der Waals surface area (Å²) in [5.41, 5.74) is -0.589. The van der Waals surface area contributed by atoms with Crippen LogP contribution in [0.25, 0.3) is 0 Å². The number of benzene rings is 2. The second kappa shape index (κ2) is 7.75. The molecule has 2 aromatic rings. The molecular weight excluding hydrogens is 352 g/mol. The van der Waals surface area contributed by atoms with E-state index >= 15 is 0 Å². The van der Waals surface area contributed by atoms with Crippen LogP contribution in [0.5, 0.6) is 0 Å². The van der Waals surface area contributed by atoms with Crippen molar-refractivity contribution in [2.45, 2.75) is 43.9 Å². The molecule has 5 heteroatoms. The van der Waals surface area contributed by atoms with Gasteiger partial charge in [0, 0.05) is 24.5 Å². The van der Waals surface area contributed by atoms with Crippen LogP contribution in [0.3, 0.4) is 0 Å². The summed E-state index contributed by atoms with van der Waals surface area (Å²) < 4.78 is 5.64. The third-order valence-corrected chi connectivity index (χ3v) is 5.13. The van der Waals surface area contributed by atoms with E-state index in [4.69, 9.17) is 4.74 Å². The summed E-state index contributed by atoms with van der Waals surface area (Å²) in [5, 5.41) is 23.7. The summed E-state index contributed by atoms with van der Waals surface area (Å²) >= 11 is 0. The first-order valence-electron chi connectivity index (χ1n) is 9.45. The summed E-state index contributed by atoms with van der Waals surface area (Å²) in [6.45, 7) is 5.17. The van der Waals surface area contributed by atoms with Gasteiger partial charge in [-0.25, -0.2) is 4.79 Å². The molecule has 1 aliphatic heterocycles. The van der Waals surface area contributed by atoms with Crippen LogP contribution in [0.2, 0.25) is 0 Å². The molecule has 1 aliphatic rings. The van der Waals surface area contributed by atoms with Crippen molar-refractivity contribution in [3.8, 4) is 6.07 Å². The molecule has 0 aliphatic carbocycles. The normalized spacial score (nSPS) is 27.2. The highest BCUT2D eigenvalue weighted by Gasteiger charge is 2.60. The molecule has 0 aromatic heterocycles. The quantitative estimate of drug-likeness (QED) is 0.798. The van der Waals surface area contributed by atoms with Gasteiger partial charge < -0.3 is 9.84 Å². The Kier molecular flexibility index (Phi) is 5.55. The fourth-order valence-electron chi connectivity index (χ4n) is 4.01. The fourth-order valence-corrected chi connectivity index (χ4v) is 4.01. The third-order valence-electron chi connectivity index (χ3n) is 5.13. The SMILES string of the molecule is CC(C)(C)OC(=O)[C@]1(C#N)N[C@H](c2ccccc2)[C@H](CO)[C@H]1c1ccccc1. The molecule has 0 bridgehead atoms. The Morgan fingerprint density at radius 1 is 1.11 bits per heavy atom. The molecule has 2 N–H and O–H groups in total. The number of nitriles is 1. The van der Waals surface area contributed by atoms with Gasteiger partial charge in [0.25, 0.3) is 0 Å². The molecule has 1 heterocycles. The van der Waals surface area contributed by atoms with E-state index < -0.39 is 23.0 Å². The zero-order valence-corrected chi connectivity index (χ0v) is 16.4. The summed E-state index contributed by atoms with van der Waals surface area (Å²) in [5.74, 6) is -1.53. The van der Waals surface area contributed by atoms with Crippen molar-refractivity contribution in [3.05, 3.63) is 71.8 Å². The minimum absolute atomic E-state index is 0.168. The van der Waals surface area contributed by atoms with Gasteiger partial charge in [-0.1, -0.05) is 60.7 Å². The lowest BCUT2D eigenvalue weighted by atomic mass is 9.74. The van der Waals surface area contributed by atoms with E-state index in [0.717, 1.165) is 11.1 Å². The third kappa shape index (κ3) is 3.66. The number of nitrogens with zero attached hydrogens (tertiary/aromatic N) is 1. The predicted octanol–water partition coefficient (Wildman–Crippen LogP) is 3.33. The number of nitrogens with one attached hydrogen (secondary N) is 1. The van der Waals surface area contributed by atoms with Gasteiger partial charge in [0.15, 0.2) is 0 Å². The van der Waals surface area contributed by atoms with E-state index in [0.29, 0.717) is 0 Å². The van der Waals surface area contributed by atoms with Crippen LogP contribution in [0.1, 0.15) is 43.9 Å². The minimum atomic E-state index is -1.59. The number of carbonyl (C=O) groups excluding carboxylic acids is 1. The van der Waals surface area contributed by atoms with Crippen LogP contribution in [0, 0.1) is 17.2 Å². The molecule has 5 nitrogen and oxygen atoms in total. The van der Waals surface area contributed by atoms with E-state index in [2.05, 4.69) is 11.4 Å². The molecule has 146 valence electrons. The highest BCUT2D eigenvalue weighted by molar-refractivity contribution is 5.87. The zero-order chi connectivity index (χ0) is 20.4. The maximum Gasteiger partial charge on any atom is 0.342 e. The molecule has 28 heavy (non-hydrogen) atoms. The van der Waals surface area contributed by atoms with E-state index in [9.17, 15) is 15.2 Å². The van der Waals surface area contributed by atoms with Crippen LogP contribution < -0.4 is 5.32 Å². The zero-order valence-electron chi connectivity index (χ0n) is 16.4. The largest absolute Gasteiger partial charge is 0.458 e. The van der Waals surface area contributed by atoms with Crippen molar-refractivity contribution in [3.63, 3.8) is 0 Å². The van der Waals surface area contributed by atoms with Crippen molar-refractivity contribution in [1.82, 2.24) is 5.32 Å². The highest BCUT2D eigenvalue weighted by atomic mass is 16.6. The van der Waals surface area contributed by atoms with E-state index in [-0.39, 0.29) is 18.6 Å². The van der Waals surface area contributed by atoms with Gasteiger partial charge in [0.2, 0.25) is 5.54 Å². The van der Waals surface area contributed by atoms with E-state index in [1.54, 1.807) is 20.8 Å². The van der Waals surface area contributed by atoms with Gasteiger partial charge in [0.1, 0.15) is 5.60 Å². The van der Waals surface area contributed by atoms with Gasteiger partial charge in [-0.3, -0.25) is 5.32 Å². The molecule has 0 spiro atoms.